The number of benzene rings is 1. The Morgan fingerprint density at radius 2 is 1.84 bits per heavy atom. The molecule has 25 heavy (non-hydrogen) atoms. The smallest absolute Gasteiger partial charge is 0.280 e. The van der Waals surface area contributed by atoms with E-state index in [1.807, 2.05) is 0 Å². The quantitative estimate of drug-likeness (QED) is 0.839. The van der Waals surface area contributed by atoms with Crippen LogP contribution < -0.4 is 0 Å². The van der Waals surface area contributed by atoms with Crippen molar-refractivity contribution in [3.63, 3.8) is 0 Å². The minimum Gasteiger partial charge on any atom is -0.344 e. The summed E-state index contributed by atoms with van der Waals surface area (Å²) in [5.74, 6) is -0.527. The molecule has 0 saturated carbocycles. The van der Waals surface area contributed by atoms with E-state index < -0.39 is 6.29 Å². The summed E-state index contributed by atoms with van der Waals surface area (Å²) in [6, 6.07) is 5.82. The van der Waals surface area contributed by atoms with E-state index in [9.17, 15) is 9.18 Å². The topological polar surface area (TPSA) is 38.8 Å². The highest BCUT2D eigenvalue weighted by Gasteiger charge is 2.37. The fraction of sp³-hybridized carbons (Fsp3) is 0.350. The first-order valence-corrected chi connectivity index (χ1v) is 8.42. The van der Waals surface area contributed by atoms with E-state index in [4.69, 9.17) is 9.47 Å². The second kappa shape index (κ2) is 7.76. The van der Waals surface area contributed by atoms with E-state index in [1.165, 1.54) is 12.1 Å². The maximum atomic E-state index is 13.4. The van der Waals surface area contributed by atoms with Crippen molar-refractivity contribution in [1.82, 2.24) is 4.90 Å². The van der Waals surface area contributed by atoms with E-state index in [-0.39, 0.29) is 17.8 Å². The average Bonchev–Trinajstić information content (AvgIpc) is 2.67. The number of amides is 1. The van der Waals surface area contributed by atoms with Crippen molar-refractivity contribution in [2.45, 2.75) is 25.2 Å². The van der Waals surface area contributed by atoms with Gasteiger partial charge in [-0.05, 0) is 41.7 Å². The van der Waals surface area contributed by atoms with Crippen LogP contribution in [-0.4, -0.2) is 36.9 Å². The zero-order chi connectivity index (χ0) is 17.8. The lowest BCUT2D eigenvalue weighted by atomic mass is 9.87. The molecule has 0 N–H and O–H groups in total. The lowest BCUT2D eigenvalue weighted by Gasteiger charge is -2.40. The van der Waals surface area contributed by atoms with Crippen LogP contribution in [0.3, 0.4) is 0 Å². The van der Waals surface area contributed by atoms with Crippen molar-refractivity contribution in [1.29, 1.82) is 0 Å². The molecule has 1 fully saturated rings. The van der Waals surface area contributed by atoms with Crippen LogP contribution in [0, 0.1) is 5.82 Å². The molecule has 0 aromatic heterocycles. The van der Waals surface area contributed by atoms with Crippen LogP contribution in [0.2, 0.25) is 0 Å². The third-order valence-electron chi connectivity index (χ3n) is 4.56. The monoisotopic (exact) mass is 343 g/mol. The molecule has 5 heteroatoms. The Morgan fingerprint density at radius 3 is 2.44 bits per heavy atom. The van der Waals surface area contributed by atoms with Crippen LogP contribution >= 0.6 is 0 Å². The molecule has 1 atom stereocenters. The van der Waals surface area contributed by atoms with E-state index >= 15 is 0 Å². The van der Waals surface area contributed by atoms with Gasteiger partial charge < -0.3 is 14.4 Å². The average molecular weight is 343 g/mol. The van der Waals surface area contributed by atoms with Crippen LogP contribution in [0.1, 0.15) is 24.4 Å². The maximum Gasteiger partial charge on any atom is 0.280 e. The zero-order valence-corrected chi connectivity index (χ0v) is 14.1. The van der Waals surface area contributed by atoms with Crippen molar-refractivity contribution < 1.29 is 18.7 Å². The SMILES string of the molecule is C=CC1=C(C=C)[C@H](c2ccc(F)cc2)N(C(=O)C2OCCCO2)CC1. The van der Waals surface area contributed by atoms with Gasteiger partial charge in [0, 0.05) is 6.54 Å². The normalized spacial score (nSPS) is 22.0. The first-order valence-electron chi connectivity index (χ1n) is 8.42. The van der Waals surface area contributed by atoms with Gasteiger partial charge in [-0.15, -0.1) is 0 Å². The number of rotatable bonds is 4. The Hall–Kier alpha value is -2.24. The largest absolute Gasteiger partial charge is 0.344 e. The number of ether oxygens (including phenoxy) is 2. The molecule has 1 aromatic carbocycles. The number of hydrogen-bond acceptors (Lipinski definition) is 3. The number of carbonyl (C=O) groups is 1. The zero-order valence-electron chi connectivity index (χ0n) is 14.1. The highest BCUT2D eigenvalue weighted by molar-refractivity contribution is 5.81. The summed E-state index contributed by atoms with van der Waals surface area (Å²) in [6.07, 6.45) is 4.12. The van der Waals surface area contributed by atoms with Gasteiger partial charge in [0.1, 0.15) is 5.82 Å². The van der Waals surface area contributed by atoms with Gasteiger partial charge in [0.2, 0.25) is 6.29 Å². The van der Waals surface area contributed by atoms with Crippen LogP contribution in [0.15, 0.2) is 60.7 Å². The summed E-state index contributed by atoms with van der Waals surface area (Å²) in [5, 5.41) is 0. The van der Waals surface area contributed by atoms with E-state index in [2.05, 4.69) is 13.2 Å². The number of allylic oxidation sites excluding steroid dienone is 1. The Bertz CT molecular complexity index is 689. The first kappa shape index (κ1) is 17.6. The standard InChI is InChI=1S/C20H22FNO3/c1-3-14-10-11-22(19(23)20-24-12-5-13-25-20)18(17(14)4-2)15-6-8-16(21)9-7-15/h3-4,6-9,18,20H,1-2,5,10-13H2/t18-/m0/s1. The first-order chi connectivity index (χ1) is 12.2. The van der Waals surface area contributed by atoms with Crippen molar-refractivity contribution in [2.24, 2.45) is 0 Å². The van der Waals surface area contributed by atoms with Crippen LogP contribution in [0.4, 0.5) is 4.39 Å². The van der Waals surface area contributed by atoms with Gasteiger partial charge in [-0.25, -0.2) is 4.39 Å². The van der Waals surface area contributed by atoms with Crippen molar-refractivity contribution in [3.05, 3.63) is 72.1 Å². The summed E-state index contributed by atoms with van der Waals surface area (Å²) in [6.45, 7) is 9.30. The Labute approximate surface area is 147 Å². The second-order valence-electron chi connectivity index (χ2n) is 6.05. The van der Waals surface area contributed by atoms with Gasteiger partial charge in [0.05, 0.1) is 19.3 Å². The van der Waals surface area contributed by atoms with Crippen LogP contribution in [0.5, 0.6) is 0 Å². The molecule has 132 valence electrons. The van der Waals surface area contributed by atoms with Gasteiger partial charge >= 0.3 is 0 Å². The highest BCUT2D eigenvalue weighted by atomic mass is 19.1. The fourth-order valence-corrected chi connectivity index (χ4v) is 3.33. The molecule has 1 amide bonds. The molecule has 1 aromatic rings. The van der Waals surface area contributed by atoms with Gasteiger partial charge in [-0.3, -0.25) is 4.79 Å². The van der Waals surface area contributed by atoms with Crippen molar-refractivity contribution in [2.75, 3.05) is 19.8 Å². The highest BCUT2D eigenvalue weighted by Crippen LogP contribution is 2.37. The molecular formula is C20H22FNO3. The lowest BCUT2D eigenvalue weighted by Crippen LogP contribution is -2.47. The minimum absolute atomic E-state index is 0.212. The van der Waals surface area contributed by atoms with Crippen molar-refractivity contribution in [3.8, 4) is 0 Å². The third-order valence-corrected chi connectivity index (χ3v) is 4.56. The third kappa shape index (κ3) is 3.57. The van der Waals surface area contributed by atoms with Gasteiger partial charge in [-0.1, -0.05) is 37.4 Å². The summed E-state index contributed by atoms with van der Waals surface area (Å²) >= 11 is 0. The van der Waals surface area contributed by atoms with E-state index in [1.54, 1.807) is 29.2 Å². The molecule has 0 spiro atoms. The van der Waals surface area contributed by atoms with Gasteiger partial charge in [0.15, 0.2) is 0 Å². The number of nitrogens with zero attached hydrogens (tertiary/aromatic N) is 1. The molecule has 1 saturated heterocycles. The van der Waals surface area contributed by atoms with Crippen LogP contribution in [-0.2, 0) is 14.3 Å². The molecule has 2 aliphatic rings. The van der Waals surface area contributed by atoms with Crippen LogP contribution in [0.25, 0.3) is 0 Å². The fourth-order valence-electron chi connectivity index (χ4n) is 3.33. The molecular weight excluding hydrogens is 321 g/mol. The summed E-state index contributed by atoms with van der Waals surface area (Å²) in [4.78, 5) is 14.7. The molecule has 0 unspecified atom stereocenters. The van der Waals surface area contributed by atoms with E-state index in [0.29, 0.717) is 26.2 Å². The summed E-state index contributed by atoms with van der Waals surface area (Å²) in [5.41, 5.74) is 2.76. The summed E-state index contributed by atoms with van der Waals surface area (Å²) in [7, 11) is 0. The molecule has 2 heterocycles. The molecule has 0 radical (unpaired) electrons. The predicted molar refractivity (Wildman–Crippen MR) is 93.2 cm³/mol. The lowest BCUT2D eigenvalue weighted by molar-refractivity contribution is -0.200. The minimum atomic E-state index is -0.881. The second-order valence-corrected chi connectivity index (χ2v) is 6.05. The number of hydrogen-bond donors (Lipinski definition) is 0. The molecule has 4 nitrogen and oxygen atoms in total. The van der Waals surface area contributed by atoms with Crippen molar-refractivity contribution >= 4 is 5.91 Å². The Kier molecular flexibility index (Phi) is 5.46. The number of carbonyl (C=O) groups excluding carboxylic acids is 1. The molecule has 0 bridgehead atoms. The Morgan fingerprint density at radius 1 is 1.16 bits per heavy atom. The predicted octanol–water partition coefficient (Wildman–Crippen LogP) is 3.53. The van der Waals surface area contributed by atoms with Gasteiger partial charge in [0.25, 0.3) is 5.91 Å². The molecule has 0 aliphatic carbocycles. The molecule has 2 aliphatic heterocycles. The van der Waals surface area contributed by atoms with E-state index in [0.717, 1.165) is 23.1 Å². The number of halogens is 1. The maximum absolute atomic E-state index is 13.4. The van der Waals surface area contributed by atoms with Gasteiger partial charge in [-0.2, -0.15) is 0 Å². The molecule has 3 rings (SSSR count). The Balaban J connectivity index is 1.99. The summed E-state index contributed by atoms with van der Waals surface area (Å²) < 4.78 is 24.3.